The molecule has 194 valence electrons. The number of aryl methyl sites for hydroxylation is 1. The molecule has 1 aliphatic rings. The van der Waals surface area contributed by atoms with Crippen LogP contribution in [0, 0.1) is 18.3 Å². The Morgan fingerprint density at radius 2 is 2.10 bits per heavy atom. The minimum Gasteiger partial charge on any atom is -0.488 e. The van der Waals surface area contributed by atoms with E-state index in [0.717, 1.165) is 54.3 Å². The maximum atomic E-state index is 12.0. The average Bonchev–Trinajstić information content (AvgIpc) is 3.55. The molecule has 1 N–H and O–H groups in total. The Morgan fingerprint density at radius 3 is 2.90 bits per heavy atom. The van der Waals surface area contributed by atoms with Gasteiger partial charge in [0.15, 0.2) is 0 Å². The molecule has 39 heavy (non-hydrogen) atoms. The quantitative estimate of drug-likeness (QED) is 0.298. The molecule has 0 bridgehead atoms. The van der Waals surface area contributed by atoms with Crippen LogP contribution in [0.4, 0.5) is 4.79 Å². The lowest BCUT2D eigenvalue weighted by Crippen LogP contribution is -2.37. The number of methoxy groups -OCH3 is 1. The molecule has 1 amide bonds. The van der Waals surface area contributed by atoms with Crippen molar-refractivity contribution in [3.63, 3.8) is 0 Å². The van der Waals surface area contributed by atoms with E-state index in [1.54, 1.807) is 42.8 Å². The van der Waals surface area contributed by atoms with Crippen LogP contribution >= 0.6 is 11.3 Å². The number of aromatic nitrogens is 3. The van der Waals surface area contributed by atoms with Gasteiger partial charge in [-0.3, -0.25) is 0 Å². The van der Waals surface area contributed by atoms with Crippen molar-refractivity contribution in [2.45, 2.75) is 26.0 Å². The molecule has 0 unspecified atom stereocenters. The average molecular weight is 538 g/mol. The Labute approximate surface area is 227 Å². The third kappa shape index (κ3) is 4.69. The minimum atomic E-state index is -1.04. The summed E-state index contributed by atoms with van der Waals surface area (Å²) < 4.78 is 12.5. The predicted octanol–water partition coefficient (Wildman–Crippen LogP) is 5.58. The first-order valence-electron chi connectivity index (χ1n) is 12.3. The number of fused-ring (bicyclic) bond motifs is 4. The van der Waals surface area contributed by atoms with Crippen LogP contribution in [0.2, 0.25) is 0 Å². The maximum Gasteiger partial charge on any atom is 0.407 e. The summed E-state index contributed by atoms with van der Waals surface area (Å²) in [7, 11) is 1.57. The Hall–Kier alpha value is -4.75. The van der Waals surface area contributed by atoms with Gasteiger partial charge in [0.05, 0.1) is 52.7 Å². The number of carboxylic acid groups (broad SMARTS) is 1. The van der Waals surface area contributed by atoms with Crippen LogP contribution in [0.15, 0.2) is 54.7 Å². The van der Waals surface area contributed by atoms with E-state index < -0.39 is 6.09 Å². The van der Waals surface area contributed by atoms with Gasteiger partial charge in [0.25, 0.3) is 0 Å². The Kier molecular flexibility index (Phi) is 6.21. The molecule has 9 nitrogen and oxygen atoms in total. The molecule has 1 atom stereocenters. The van der Waals surface area contributed by atoms with Gasteiger partial charge in [-0.25, -0.2) is 19.7 Å². The highest BCUT2D eigenvalue weighted by Crippen LogP contribution is 2.41. The van der Waals surface area contributed by atoms with Crippen LogP contribution in [0.25, 0.3) is 31.8 Å². The van der Waals surface area contributed by atoms with Crippen LogP contribution < -0.4 is 9.47 Å². The Bertz CT molecular complexity index is 1790. The molecule has 0 fully saturated rings. The third-order valence-corrected chi connectivity index (χ3v) is 7.84. The second-order valence-electron chi connectivity index (χ2n) is 9.42. The van der Waals surface area contributed by atoms with Gasteiger partial charge < -0.3 is 19.5 Å². The van der Waals surface area contributed by atoms with Gasteiger partial charge >= 0.3 is 6.09 Å². The number of amides is 1. The molecule has 0 aliphatic carbocycles. The van der Waals surface area contributed by atoms with Gasteiger partial charge in [0.1, 0.15) is 16.9 Å². The fourth-order valence-corrected chi connectivity index (χ4v) is 6.05. The molecule has 0 saturated heterocycles. The van der Waals surface area contributed by atoms with Gasteiger partial charge in [-0.15, -0.1) is 11.3 Å². The van der Waals surface area contributed by atoms with Gasteiger partial charge in [-0.05, 0) is 54.4 Å². The second kappa shape index (κ2) is 9.85. The number of carbonyl (C=O) groups is 1. The molecule has 1 aliphatic heterocycles. The van der Waals surface area contributed by atoms with E-state index >= 15 is 0 Å². The standard InChI is InChI=1S/C29H23N5O4S/c1-16-8-21(26-23(9-16)32-25(37-2)13-31-26)28-33-22-6-7-24-20(27(22)39-28)11-19(38-24)15-34(29(35)36)14-18-5-3-4-17(10-18)12-30/h3-10,13,19H,11,14-15H2,1-2H3,(H,35,36)/t19-/m0/s1. The number of thiazole rings is 1. The summed E-state index contributed by atoms with van der Waals surface area (Å²) in [5.74, 6) is 1.20. The molecule has 10 heteroatoms. The lowest BCUT2D eigenvalue weighted by Gasteiger charge is -2.22. The van der Waals surface area contributed by atoms with Crippen LogP contribution in [-0.4, -0.2) is 50.8 Å². The van der Waals surface area contributed by atoms with Crippen molar-refractivity contribution >= 4 is 38.7 Å². The molecule has 3 heterocycles. The normalized spacial score (nSPS) is 14.1. The molecular formula is C29H23N5O4S. The number of benzene rings is 3. The Balaban J connectivity index is 1.29. The third-order valence-electron chi connectivity index (χ3n) is 6.68. The largest absolute Gasteiger partial charge is 0.488 e. The first-order chi connectivity index (χ1) is 18.9. The lowest BCUT2D eigenvalue weighted by atomic mass is 10.1. The van der Waals surface area contributed by atoms with Gasteiger partial charge in [0.2, 0.25) is 5.88 Å². The van der Waals surface area contributed by atoms with Crippen molar-refractivity contribution in [1.29, 1.82) is 5.26 Å². The maximum absolute atomic E-state index is 12.0. The summed E-state index contributed by atoms with van der Waals surface area (Å²) in [6.07, 6.45) is 0.813. The summed E-state index contributed by atoms with van der Waals surface area (Å²) >= 11 is 1.57. The highest BCUT2D eigenvalue weighted by molar-refractivity contribution is 7.22. The SMILES string of the molecule is COc1cnc2c(-c3nc4ccc5c(c4s3)C[C@@H](CN(Cc3cccc(C#N)c3)C(=O)O)O5)cc(C)cc2n1. The fourth-order valence-electron chi connectivity index (χ4n) is 4.92. The number of ether oxygens (including phenoxy) is 2. The lowest BCUT2D eigenvalue weighted by molar-refractivity contribution is 0.113. The number of rotatable bonds is 6. The van der Waals surface area contributed by atoms with Crippen LogP contribution in [0.3, 0.4) is 0 Å². The van der Waals surface area contributed by atoms with Crippen molar-refractivity contribution in [3.8, 4) is 28.3 Å². The van der Waals surface area contributed by atoms with E-state index in [-0.39, 0.29) is 19.2 Å². The van der Waals surface area contributed by atoms with Gasteiger partial charge in [0, 0.05) is 24.1 Å². The van der Waals surface area contributed by atoms with Crippen LogP contribution in [0.1, 0.15) is 22.3 Å². The van der Waals surface area contributed by atoms with Crippen LogP contribution in [-0.2, 0) is 13.0 Å². The van der Waals surface area contributed by atoms with E-state index in [2.05, 4.69) is 22.1 Å². The van der Waals surface area contributed by atoms with E-state index in [0.29, 0.717) is 17.9 Å². The molecule has 0 saturated carbocycles. The molecule has 2 aromatic heterocycles. The number of hydrogen-bond donors (Lipinski definition) is 1. The van der Waals surface area contributed by atoms with E-state index in [1.165, 1.54) is 4.90 Å². The first-order valence-corrected chi connectivity index (χ1v) is 13.1. The molecule has 3 aromatic carbocycles. The first kappa shape index (κ1) is 24.6. The van der Waals surface area contributed by atoms with Crippen molar-refractivity contribution in [3.05, 3.63) is 77.0 Å². The summed E-state index contributed by atoms with van der Waals surface area (Å²) in [5, 5.41) is 19.9. The zero-order valence-electron chi connectivity index (χ0n) is 21.2. The smallest absolute Gasteiger partial charge is 0.407 e. The number of nitriles is 1. The summed E-state index contributed by atoms with van der Waals surface area (Å²) in [4.78, 5) is 27.4. The summed E-state index contributed by atoms with van der Waals surface area (Å²) in [6.45, 7) is 2.39. The van der Waals surface area contributed by atoms with Crippen molar-refractivity contribution < 1.29 is 19.4 Å². The zero-order valence-corrected chi connectivity index (χ0v) is 22.0. The van der Waals surface area contributed by atoms with Crippen LogP contribution in [0.5, 0.6) is 11.6 Å². The Morgan fingerprint density at radius 1 is 1.23 bits per heavy atom. The molecule has 5 aromatic rings. The summed E-state index contributed by atoms with van der Waals surface area (Å²) in [5.41, 5.74) is 6.59. The highest BCUT2D eigenvalue weighted by Gasteiger charge is 2.30. The van der Waals surface area contributed by atoms with E-state index in [4.69, 9.17) is 19.7 Å². The highest BCUT2D eigenvalue weighted by atomic mass is 32.1. The van der Waals surface area contributed by atoms with Crippen molar-refractivity contribution in [2.75, 3.05) is 13.7 Å². The van der Waals surface area contributed by atoms with Crippen molar-refractivity contribution in [1.82, 2.24) is 19.9 Å². The van der Waals surface area contributed by atoms with E-state index in [1.807, 2.05) is 31.2 Å². The summed E-state index contributed by atoms with van der Waals surface area (Å²) in [6, 6.07) is 17.0. The number of nitrogens with zero attached hydrogens (tertiary/aromatic N) is 5. The topological polar surface area (TPSA) is 121 Å². The predicted molar refractivity (Wildman–Crippen MR) is 147 cm³/mol. The fraction of sp³-hybridized carbons (Fsp3) is 0.207. The zero-order chi connectivity index (χ0) is 27.1. The number of hydrogen-bond acceptors (Lipinski definition) is 8. The van der Waals surface area contributed by atoms with Crippen molar-refractivity contribution in [2.24, 2.45) is 0 Å². The second-order valence-corrected chi connectivity index (χ2v) is 10.4. The molecule has 0 spiro atoms. The van der Waals surface area contributed by atoms with Gasteiger partial charge in [-0.2, -0.15) is 5.26 Å². The minimum absolute atomic E-state index is 0.174. The van der Waals surface area contributed by atoms with E-state index in [9.17, 15) is 9.90 Å². The molecule has 6 rings (SSSR count). The molecule has 0 radical (unpaired) electrons. The van der Waals surface area contributed by atoms with Gasteiger partial charge in [-0.1, -0.05) is 12.1 Å². The monoisotopic (exact) mass is 537 g/mol. The molecular weight excluding hydrogens is 514 g/mol.